The summed E-state index contributed by atoms with van der Waals surface area (Å²) in [5.74, 6) is 0.746. The third-order valence-electron chi connectivity index (χ3n) is 4.97. The van der Waals surface area contributed by atoms with E-state index in [0.29, 0.717) is 44.7 Å². The Bertz CT molecular complexity index is 903. The minimum Gasteiger partial charge on any atom is -0.337 e. The predicted octanol–water partition coefficient (Wildman–Crippen LogP) is 0.584. The van der Waals surface area contributed by atoms with Crippen LogP contribution in [0.4, 0.5) is 0 Å². The first-order valence-corrected chi connectivity index (χ1v) is 10.9. The Morgan fingerprint density at radius 1 is 1.41 bits per heavy atom. The summed E-state index contributed by atoms with van der Waals surface area (Å²) in [6.45, 7) is 6.37. The van der Waals surface area contributed by atoms with E-state index in [9.17, 15) is 13.2 Å². The highest BCUT2D eigenvalue weighted by Crippen LogP contribution is 2.20. The zero-order valence-electron chi connectivity index (χ0n) is 15.9. The summed E-state index contributed by atoms with van der Waals surface area (Å²) in [5, 5.41) is 4.14. The van der Waals surface area contributed by atoms with Gasteiger partial charge in [0, 0.05) is 57.4 Å². The van der Waals surface area contributed by atoms with Crippen LogP contribution in [0.3, 0.4) is 0 Å². The average Bonchev–Trinajstić information content (AvgIpc) is 3.34. The lowest BCUT2D eigenvalue weighted by Crippen LogP contribution is -2.43. The van der Waals surface area contributed by atoms with E-state index in [-0.39, 0.29) is 11.9 Å². The zero-order valence-corrected chi connectivity index (χ0v) is 16.8. The van der Waals surface area contributed by atoms with Crippen molar-refractivity contribution in [3.8, 4) is 0 Å². The van der Waals surface area contributed by atoms with E-state index < -0.39 is 10.0 Å². The van der Waals surface area contributed by atoms with E-state index in [4.69, 9.17) is 0 Å². The maximum absolute atomic E-state index is 12.7. The first-order chi connectivity index (χ1) is 12.8. The third-order valence-corrected chi connectivity index (χ3v) is 6.31. The SMILES string of the molecule is CCn1cc(C(=O)N2CCC(N(CCn3ccnc3C)S(C)(=O)=O)C2)cn1. The largest absolute Gasteiger partial charge is 0.337 e. The van der Waals surface area contributed by atoms with Crippen LogP contribution in [0, 0.1) is 6.92 Å². The number of rotatable bonds is 7. The minimum atomic E-state index is -3.38. The molecule has 0 spiro atoms. The Labute approximate surface area is 159 Å². The number of hydrogen-bond acceptors (Lipinski definition) is 5. The van der Waals surface area contributed by atoms with Crippen molar-refractivity contribution in [2.45, 2.75) is 39.4 Å². The molecule has 0 N–H and O–H groups in total. The van der Waals surface area contributed by atoms with Crippen molar-refractivity contribution in [2.75, 3.05) is 25.9 Å². The fourth-order valence-corrected chi connectivity index (χ4v) is 4.58. The normalized spacial score (nSPS) is 17.8. The lowest BCUT2D eigenvalue weighted by atomic mass is 10.2. The van der Waals surface area contributed by atoms with Gasteiger partial charge in [0.05, 0.1) is 18.0 Å². The quantitative estimate of drug-likeness (QED) is 0.685. The standard InChI is InChI=1S/C17H26N6O3S/c1-4-22-12-15(11-19-22)17(24)21-7-5-16(13-21)23(27(3,25)26)10-9-20-8-6-18-14(20)2/h6,8,11-12,16H,4-5,7,9-10,13H2,1-3H3. The van der Waals surface area contributed by atoms with Crippen LogP contribution in [-0.4, -0.2) is 74.8 Å². The van der Waals surface area contributed by atoms with Crippen LogP contribution in [0.15, 0.2) is 24.8 Å². The highest BCUT2D eigenvalue weighted by atomic mass is 32.2. The Kier molecular flexibility index (Phi) is 5.66. The predicted molar refractivity (Wildman–Crippen MR) is 101 cm³/mol. The molecule has 9 nitrogen and oxygen atoms in total. The van der Waals surface area contributed by atoms with E-state index in [1.54, 1.807) is 28.2 Å². The number of carbonyl (C=O) groups is 1. The highest BCUT2D eigenvalue weighted by molar-refractivity contribution is 7.88. The van der Waals surface area contributed by atoms with Gasteiger partial charge in [-0.1, -0.05) is 0 Å². The molecule has 0 saturated carbocycles. The van der Waals surface area contributed by atoms with Crippen molar-refractivity contribution in [3.05, 3.63) is 36.2 Å². The molecular formula is C17H26N6O3S. The fraction of sp³-hybridized carbons (Fsp3) is 0.588. The molecule has 3 rings (SSSR count). The molecule has 10 heteroatoms. The maximum atomic E-state index is 12.7. The molecule has 27 heavy (non-hydrogen) atoms. The summed E-state index contributed by atoms with van der Waals surface area (Å²) in [7, 11) is -3.38. The van der Waals surface area contributed by atoms with Crippen LogP contribution >= 0.6 is 0 Å². The van der Waals surface area contributed by atoms with E-state index in [1.807, 2.05) is 24.6 Å². The van der Waals surface area contributed by atoms with Gasteiger partial charge in [-0.3, -0.25) is 9.48 Å². The molecule has 148 valence electrons. The number of aromatic nitrogens is 4. The molecule has 1 fully saturated rings. The molecule has 1 aliphatic rings. The van der Waals surface area contributed by atoms with E-state index >= 15 is 0 Å². The number of amides is 1. The molecule has 1 unspecified atom stereocenters. The van der Waals surface area contributed by atoms with Crippen molar-refractivity contribution in [3.63, 3.8) is 0 Å². The van der Waals surface area contributed by atoms with Crippen molar-refractivity contribution in [1.29, 1.82) is 0 Å². The molecule has 1 saturated heterocycles. The molecule has 1 aliphatic heterocycles. The van der Waals surface area contributed by atoms with Crippen LogP contribution in [0.1, 0.15) is 29.5 Å². The van der Waals surface area contributed by atoms with Gasteiger partial charge in [0.15, 0.2) is 0 Å². The molecular weight excluding hydrogens is 368 g/mol. The van der Waals surface area contributed by atoms with Gasteiger partial charge in [-0.2, -0.15) is 9.40 Å². The van der Waals surface area contributed by atoms with Crippen molar-refractivity contribution in [1.82, 2.24) is 28.5 Å². The number of sulfonamides is 1. The van der Waals surface area contributed by atoms with Crippen molar-refractivity contribution >= 4 is 15.9 Å². The van der Waals surface area contributed by atoms with Crippen molar-refractivity contribution in [2.24, 2.45) is 0 Å². The van der Waals surface area contributed by atoms with Gasteiger partial charge in [0.1, 0.15) is 5.82 Å². The number of aryl methyl sites for hydroxylation is 2. The van der Waals surface area contributed by atoms with Crippen LogP contribution in [0.5, 0.6) is 0 Å². The molecule has 2 aromatic rings. The lowest BCUT2D eigenvalue weighted by molar-refractivity contribution is 0.0784. The molecule has 0 aliphatic carbocycles. The summed E-state index contributed by atoms with van der Waals surface area (Å²) in [5.41, 5.74) is 0.539. The van der Waals surface area contributed by atoms with Gasteiger partial charge in [-0.15, -0.1) is 0 Å². The molecule has 2 aromatic heterocycles. The summed E-state index contributed by atoms with van der Waals surface area (Å²) >= 11 is 0. The second-order valence-electron chi connectivity index (χ2n) is 6.82. The smallest absolute Gasteiger partial charge is 0.257 e. The molecule has 0 bridgehead atoms. The number of imidazole rings is 1. The maximum Gasteiger partial charge on any atom is 0.257 e. The van der Waals surface area contributed by atoms with Crippen LogP contribution in [0.2, 0.25) is 0 Å². The second-order valence-corrected chi connectivity index (χ2v) is 8.75. The third kappa shape index (κ3) is 4.38. The van der Waals surface area contributed by atoms with Crippen LogP contribution in [-0.2, 0) is 23.1 Å². The zero-order chi connectivity index (χ0) is 19.6. The Hall–Kier alpha value is -2.20. The Balaban J connectivity index is 1.67. The average molecular weight is 395 g/mol. The van der Waals surface area contributed by atoms with Crippen LogP contribution in [0.25, 0.3) is 0 Å². The number of carbonyl (C=O) groups excluding carboxylic acids is 1. The summed E-state index contributed by atoms with van der Waals surface area (Å²) in [4.78, 5) is 18.6. The van der Waals surface area contributed by atoms with Crippen molar-refractivity contribution < 1.29 is 13.2 Å². The Morgan fingerprint density at radius 3 is 2.78 bits per heavy atom. The number of nitrogens with zero attached hydrogens (tertiary/aromatic N) is 6. The van der Waals surface area contributed by atoms with Gasteiger partial charge in [-0.25, -0.2) is 13.4 Å². The summed E-state index contributed by atoms with van der Waals surface area (Å²) in [6.07, 6.45) is 8.69. The van der Waals surface area contributed by atoms with E-state index in [2.05, 4.69) is 10.1 Å². The lowest BCUT2D eigenvalue weighted by Gasteiger charge is -2.27. The molecule has 3 heterocycles. The highest BCUT2D eigenvalue weighted by Gasteiger charge is 2.35. The van der Waals surface area contributed by atoms with Gasteiger partial charge in [0.2, 0.25) is 10.0 Å². The monoisotopic (exact) mass is 394 g/mol. The van der Waals surface area contributed by atoms with Gasteiger partial charge >= 0.3 is 0 Å². The second kappa shape index (κ2) is 7.81. The molecule has 0 aromatic carbocycles. The van der Waals surface area contributed by atoms with Gasteiger partial charge < -0.3 is 9.47 Å². The topological polar surface area (TPSA) is 93.3 Å². The van der Waals surface area contributed by atoms with E-state index in [1.165, 1.54) is 10.6 Å². The number of hydrogen-bond donors (Lipinski definition) is 0. The van der Waals surface area contributed by atoms with E-state index in [0.717, 1.165) is 5.82 Å². The molecule has 0 radical (unpaired) electrons. The van der Waals surface area contributed by atoms with Crippen LogP contribution < -0.4 is 0 Å². The summed E-state index contributed by atoms with van der Waals surface area (Å²) in [6, 6.07) is -0.214. The minimum absolute atomic E-state index is 0.101. The Morgan fingerprint density at radius 2 is 2.19 bits per heavy atom. The first kappa shape index (κ1) is 19.6. The van der Waals surface area contributed by atoms with Gasteiger partial charge in [0.25, 0.3) is 5.91 Å². The molecule has 1 amide bonds. The van der Waals surface area contributed by atoms with Gasteiger partial charge in [-0.05, 0) is 20.3 Å². The fourth-order valence-electron chi connectivity index (χ4n) is 3.46. The number of likely N-dealkylation sites (tertiary alicyclic amines) is 1. The first-order valence-electron chi connectivity index (χ1n) is 9.06. The summed E-state index contributed by atoms with van der Waals surface area (Å²) < 4.78 is 29.8. The molecule has 1 atom stereocenters.